The smallest absolute Gasteiger partial charge is 0.269 e. The van der Waals surface area contributed by atoms with Gasteiger partial charge < -0.3 is 9.64 Å². The molecule has 5 rings (SSSR count). The number of carbonyl (C=O) groups excluding carboxylic acids is 3. The molecule has 2 aromatic rings. The minimum absolute atomic E-state index is 0.126. The van der Waals surface area contributed by atoms with Crippen molar-refractivity contribution in [1.29, 1.82) is 0 Å². The van der Waals surface area contributed by atoms with Gasteiger partial charge in [0.15, 0.2) is 5.78 Å². The number of likely N-dealkylation sites (tertiary alicyclic amines) is 1. The van der Waals surface area contributed by atoms with Crippen LogP contribution in [-0.4, -0.2) is 59.8 Å². The van der Waals surface area contributed by atoms with Crippen molar-refractivity contribution >= 4 is 34.5 Å². The topological polar surface area (TPSA) is 110 Å². The van der Waals surface area contributed by atoms with E-state index in [1.807, 2.05) is 42.2 Å². The highest BCUT2D eigenvalue weighted by molar-refractivity contribution is 6.14. The van der Waals surface area contributed by atoms with Gasteiger partial charge in [0, 0.05) is 36.1 Å². The molecule has 0 aromatic heterocycles. The number of hydrogen-bond donors (Lipinski definition) is 0. The Kier molecular flexibility index (Phi) is 5.28. The third kappa shape index (κ3) is 3.15. The maximum atomic E-state index is 13.9. The van der Waals surface area contributed by atoms with Crippen LogP contribution in [0.4, 0.5) is 11.4 Å². The van der Waals surface area contributed by atoms with Crippen molar-refractivity contribution in [2.45, 2.75) is 19.0 Å². The highest BCUT2D eigenvalue weighted by atomic mass is 16.6. The number of para-hydroxylation sites is 1. The van der Waals surface area contributed by atoms with Crippen LogP contribution in [0.3, 0.4) is 0 Å². The number of anilines is 1. The highest BCUT2D eigenvalue weighted by Crippen LogP contribution is 2.50. The maximum absolute atomic E-state index is 13.9. The maximum Gasteiger partial charge on any atom is 0.269 e. The van der Waals surface area contributed by atoms with Crippen LogP contribution in [0.1, 0.15) is 22.8 Å². The number of nitro groups is 1. The van der Waals surface area contributed by atoms with Gasteiger partial charge in [-0.3, -0.25) is 29.4 Å². The van der Waals surface area contributed by atoms with Gasteiger partial charge in [-0.15, -0.1) is 0 Å². The Hall–Kier alpha value is -3.85. The third-order valence-electron chi connectivity index (χ3n) is 7.00. The molecular formula is C25H23N3O6. The molecule has 0 N–H and O–H groups in total. The molecule has 2 aromatic carbocycles. The number of benzene rings is 2. The Morgan fingerprint density at radius 3 is 2.41 bits per heavy atom. The van der Waals surface area contributed by atoms with E-state index in [-0.39, 0.29) is 42.0 Å². The largest absolute Gasteiger partial charge is 0.383 e. The van der Waals surface area contributed by atoms with Crippen molar-refractivity contribution in [2.75, 3.05) is 25.2 Å². The fraction of sp³-hybridized carbons (Fsp3) is 0.320. The SMILES string of the molecule is COCCN1C(=O)[C@@H]2[C@H](C1=O)[C@@H](C(=O)c1ccc([N+](=O)[O-])cc1)N1c3ccccc3C(C)=C[C@H]21. The lowest BCUT2D eigenvalue weighted by Crippen LogP contribution is -2.49. The van der Waals surface area contributed by atoms with E-state index in [4.69, 9.17) is 4.74 Å². The number of non-ortho nitro benzene ring substituents is 1. The number of rotatable bonds is 6. The lowest BCUT2D eigenvalue weighted by molar-refractivity contribution is -0.384. The lowest BCUT2D eigenvalue weighted by atomic mass is 9.85. The minimum Gasteiger partial charge on any atom is -0.383 e. The van der Waals surface area contributed by atoms with Crippen molar-refractivity contribution in [3.05, 3.63) is 75.8 Å². The summed E-state index contributed by atoms with van der Waals surface area (Å²) in [5.74, 6) is -2.58. The van der Waals surface area contributed by atoms with E-state index in [0.29, 0.717) is 0 Å². The number of hydrogen-bond acceptors (Lipinski definition) is 7. The van der Waals surface area contributed by atoms with Crippen LogP contribution < -0.4 is 4.90 Å². The van der Waals surface area contributed by atoms with E-state index in [0.717, 1.165) is 16.8 Å². The van der Waals surface area contributed by atoms with Crippen LogP contribution >= 0.6 is 0 Å². The summed E-state index contributed by atoms with van der Waals surface area (Å²) >= 11 is 0. The fourth-order valence-electron chi connectivity index (χ4n) is 5.48. The van der Waals surface area contributed by atoms with Crippen LogP contribution in [0.5, 0.6) is 0 Å². The molecule has 4 atom stereocenters. The Morgan fingerprint density at radius 2 is 1.74 bits per heavy atom. The molecule has 3 aliphatic rings. The summed E-state index contributed by atoms with van der Waals surface area (Å²) in [6, 6.07) is 11.6. The van der Waals surface area contributed by atoms with Gasteiger partial charge in [0.2, 0.25) is 11.8 Å². The van der Waals surface area contributed by atoms with E-state index >= 15 is 0 Å². The summed E-state index contributed by atoms with van der Waals surface area (Å²) < 4.78 is 5.08. The first kappa shape index (κ1) is 22.0. The van der Waals surface area contributed by atoms with E-state index in [2.05, 4.69) is 0 Å². The van der Waals surface area contributed by atoms with Crippen LogP contribution in [0, 0.1) is 22.0 Å². The predicted octanol–water partition coefficient (Wildman–Crippen LogP) is 2.70. The zero-order chi connectivity index (χ0) is 24.1. The molecule has 2 fully saturated rings. The van der Waals surface area contributed by atoms with Crippen LogP contribution in [0.15, 0.2) is 54.6 Å². The van der Waals surface area contributed by atoms with E-state index in [1.54, 1.807) is 0 Å². The molecular weight excluding hydrogens is 438 g/mol. The van der Waals surface area contributed by atoms with Crippen molar-refractivity contribution in [1.82, 2.24) is 4.90 Å². The summed E-state index contributed by atoms with van der Waals surface area (Å²) in [4.78, 5) is 54.4. The van der Waals surface area contributed by atoms with Crippen molar-refractivity contribution in [3.8, 4) is 0 Å². The number of allylic oxidation sites excluding steroid dienone is 1. The number of carbonyl (C=O) groups is 3. The van der Waals surface area contributed by atoms with E-state index in [1.165, 1.54) is 36.3 Å². The van der Waals surface area contributed by atoms with Gasteiger partial charge in [0.05, 0.1) is 36.0 Å². The molecule has 0 unspecified atom stereocenters. The number of fused-ring (bicyclic) bond motifs is 5. The second-order valence-electron chi connectivity index (χ2n) is 8.75. The van der Waals surface area contributed by atoms with Gasteiger partial charge in [-0.05, 0) is 30.7 Å². The Labute approximate surface area is 195 Å². The molecule has 3 heterocycles. The number of ether oxygens (including phenoxy) is 1. The van der Waals surface area contributed by atoms with Gasteiger partial charge >= 0.3 is 0 Å². The fourth-order valence-corrected chi connectivity index (χ4v) is 5.48. The Bertz CT molecular complexity index is 1240. The second-order valence-corrected chi connectivity index (χ2v) is 8.75. The average molecular weight is 461 g/mol. The molecule has 9 nitrogen and oxygen atoms in total. The number of nitrogens with zero attached hydrogens (tertiary/aromatic N) is 3. The molecule has 174 valence electrons. The molecule has 0 radical (unpaired) electrons. The lowest BCUT2D eigenvalue weighted by Gasteiger charge is -2.38. The Morgan fingerprint density at radius 1 is 1.06 bits per heavy atom. The number of ketones is 1. The summed E-state index contributed by atoms with van der Waals surface area (Å²) in [5, 5.41) is 11.1. The molecule has 0 saturated carbocycles. The van der Waals surface area contributed by atoms with Crippen LogP contribution in [-0.2, 0) is 14.3 Å². The molecule has 34 heavy (non-hydrogen) atoms. The summed E-state index contributed by atoms with van der Waals surface area (Å²) in [7, 11) is 1.50. The molecule has 3 aliphatic heterocycles. The molecule has 9 heteroatoms. The van der Waals surface area contributed by atoms with Gasteiger partial charge in [-0.25, -0.2) is 0 Å². The highest BCUT2D eigenvalue weighted by Gasteiger charge is 2.64. The average Bonchev–Trinajstić information content (AvgIpc) is 3.30. The predicted molar refractivity (Wildman–Crippen MR) is 123 cm³/mol. The van der Waals surface area contributed by atoms with Gasteiger partial charge in [-0.1, -0.05) is 24.3 Å². The van der Waals surface area contributed by atoms with Gasteiger partial charge in [-0.2, -0.15) is 0 Å². The first-order chi connectivity index (χ1) is 16.3. The standard InChI is InChI=1S/C25H23N3O6/c1-14-13-19-20-21(25(31)26(24(20)30)11-12-34-2)22(27(19)18-6-4-3-5-17(14)18)23(29)15-7-9-16(10-8-15)28(32)33/h3-10,13,19-22H,11-12H2,1-2H3/t19-,20+,21+,22+/m1/s1. The molecule has 2 saturated heterocycles. The third-order valence-corrected chi connectivity index (χ3v) is 7.00. The van der Waals surface area contributed by atoms with Crippen molar-refractivity contribution in [2.24, 2.45) is 11.8 Å². The normalized spacial score (nSPS) is 25.1. The number of imide groups is 1. The van der Waals surface area contributed by atoms with Crippen molar-refractivity contribution < 1.29 is 24.0 Å². The number of methoxy groups -OCH3 is 1. The first-order valence-electron chi connectivity index (χ1n) is 11.0. The quantitative estimate of drug-likeness (QED) is 0.282. The summed E-state index contributed by atoms with van der Waals surface area (Å²) in [6.45, 7) is 2.30. The molecule has 0 spiro atoms. The molecule has 2 amide bonds. The monoisotopic (exact) mass is 461 g/mol. The minimum atomic E-state index is -0.911. The first-order valence-corrected chi connectivity index (χ1v) is 11.0. The van der Waals surface area contributed by atoms with Gasteiger partial charge in [0.25, 0.3) is 5.69 Å². The zero-order valence-electron chi connectivity index (χ0n) is 18.7. The van der Waals surface area contributed by atoms with Crippen LogP contribution in [0.2, 0.25) is 0 Å². The summed E-state index contributed by atoms with van der Waals surface area (Å²) in [5.41, 5.74) is 2.85. The van der Waals surface area contributed by atoms with Crippen molar-refractivity contribution in [3.63, 3.8) is 0 Å². The summed E-state index contributed by atoms with van der Waals surface area (Å²) in [6.07, 6.45) is 1.97. The number of Topliss-reactive ketones (excluding diaryl/α,β-unsaturated/α-hetero) is 1. The van der Waals surface area contributed by atoms with E-state index < -0.39 is 28.8 Å². The number of amides is 2. The van der Waals surface area contributed by atoms with Gasteiger partial charge in [0.1, 0.15) is 6.04 Å². The Balaban J connectivity index is 1.62. The van der Waals surface area contributed by atoms with E-state index in [9.17, 15) is 24.5 Å². The second kappa shape index (κ2) is 8.18. The van der Waals surface area contributed by atoms with Crippen LogP contribution in [0.25, 0.3) is 5.57 Å². The molecule has 0 bridgehead atoms. The number of nitro benzene ring substituents is 1. The molecule has 0 aliphatic carbocycles. The zero-order valence-corrected chi connectivity index (χ0v) is 18.7.